The minimum atomic E-state index is -0.303. The molecule has 1 unspecified atom stereocenters. The van der Waals surface area contributed by atoms with Gasteiger partial charge in [-0.25, -0.2) is 4.79 Å². The van der Waals surface area contributed by atoms with Gasteiger partial charge in [-0.3, -0.25) is 10.1 Å². The lowest BCUT2D eigenvalue weighted by molar-refractivity contribution is -0.125. The number of hydrogen-bond acceptors (Lipinski definition) is 2. The fourth-order valence-electron chi connectivity index (χ4n) is 0.901. The van der Waals surface area contributed by atoms with Crippen molar-refractivity contribution in [3.8, 4) is 0 Å². The highest BCUT2D eigenvalue weighted by Crippen LogP contribution is 2.03. The van der Waals surface area contributed by atoms with Gasteiger partial charge in [0, 0.05) is 13.6 Å². The number of rotatable bonds is 0. The predicted octanol–water partition coefficient (Wildman–Crippen LogP) is 1.86. The molecule has 0 radical (unpaired) electrons. The number of nitrogens with one attached hydrogen (secondary N) is 1. The van der Waals surface area contributed by atoms with E-state index in [2.05, 4.69) is 5.32 Å². The molecular formula is C10H22N2O2. The third kappa shape index (κ3) is 4.84. The fraction of sp³-hybridized carbons (Fsp3) is 0.800. The van der Waals surface area contributed by atoms with Crippen LogP contribution in [0.25, 0.3) is 0 Å². The normalized spacial score (nSPS) is 19.9. The molecule has 1 saturated heterocycles. The number of amides is 3. The van der Waals surface area contributed by atoms with Gasteiger partial charge in [-0.05, 0) is 0 Å². The Hall–Kier alpha value is -1.06. The first kappa shape index (κ1) is 15.4. The van der Waals surface area contributed by atoms with Crippen molar-refractivity contribution >= 4 is 11.9 Å². The first-order chi connectivity index (χ1) is 6.61. The molecule has 0 aromatic carbocycles. The number of carbonyl (C=O) groups excluding carboxylic acids is 2. The SMILES string of the molecule is CC.CC.CC1CN(C)C(=O)NC1=O. The average Bonchev–Trinajstić information content (AvgIpc) is 2.21. The fourth-order valence-corrected chi connectivity index (χ4v) is 0.901. The number of carbonyl (C=O) groups is 2. The maximum absolute atomic E-state index is 10.8. The quantitative estimate of drug-likeness (QED) is 0.651. The van der Waals surface area contributed by atoms with E-state index in [1.54, 1.807) is 14.0 Å². The number of nitrogens with zero attached hydrogens (tertiary/aromatic N) is 1. The van der Waals surface area contributed by atoms with Crippen molar-refractivity contribution in [1.29, 1.82) is 0 Å². The van der Waals surface area contributed by atoms with Crippen LogP contribution in [-0.2, 0) is 4.79 Å². The van der Waals surface area contributed by atoms with Crippen molar-refractivity contribution in [3.63, 3.8) is 0 Å². The van der Waals surface area contributed by atoms with Gasteiger partial charge in [0.25, 0.3) is 0 Å². The molecule has 1 N–H and O–H groups in total. The standard InChI is InChI=1S/C6H10N2O2.2C2H6/c1-4-3-8(2)6(10)7-5(4)9;2*1-2/h4H,3H2,1-2H3,(H,7,9,10);2*1-2H3. The zero-order chi connectivity index (χ0) is 11.7. The van der Waals surface area contributed by atoms with Crippen LogP contribution < -0.4 is 5.32 Å². The van der Waals surface area contributed by atoms with Crippen LogP contribution in [0, 0.1) is 5.92 Å². The summed E-state index contributed by atoms with van der Waals surface area (Å²) in [6.45, 7) is 10.3. The Morgan fingerprint density at radius 1 is 1.21 bits per heavy atom. The van der Waals surface area contributed by atoms with E-state index < -0.39 is 0 Å². The lowest BCUT2D eigenvalue weighted by Gasteiger charge is -2.26. The summed E-state index contributed by atoms with van der Waals surface area (Å²) in [6, 6.07) is -0.303. The zero-order valence-electron chi connectivity index (χ0n) is 10.0. The summed E-state index contributed by atoms with van der Waals surface area (Å²) in [5.41, 5.74) is 0. The zero-order valence-corrected chi connectivity index (χ0v) is 10.0. The van der Waals surface area contributed by atoms with E-state index in [1.165, 1.54) is 4.90 Å². The summed E-state index contributed by atoms with van der Waals surface area (Å²) >= 11 is 0. The molecule has 1 fully saturated rings. The molecule has 0 aromatic rings. The van der Waals surface area contributed by atoms with Crippen LogP contribution in [0.1, 0.15) is 34.6 Å². The van der Waals surface area contributed by atoms with Crippen molar-refractivity contribution in [2.75, 3.05) is 13.6 Å². The molecule has 1 atom stereocenters. The topological polar surface area (TPSA) is 49.4 Å². The molecule has 1 aliphatic rings. The molecule has 0 saturated carbocycles. The minimum absolute atomic E-state index is 0.0808. The molecule has 14 heavy (non-hydrogen) atoms. The van der Waals surface area contributed by atoms with Gasteiger partial charge in [0.15, 0.2) is 0 Å². The molecule has 0 aliphatic carbocycles. The monoisotopic (exact) mass is 202 g/mol. The van der Waals surface area contributed by atoms with E-state index >= 15 is 0 Å². The van der Waals surface area contributed by atoms with Crippen molar-refractivity contribution in [2.45, 2.75) is 34.6 Å². The highest BCUT2D eigenvalue weighted by atomic mass is 16.2. The van der Waals surface area contributed by atoms with Gasteiger partial charge in [-0.1, -0.05) is 34.6 Å². The van der Waals surface area contributed by atoms with Crippen LogP contribution >= 0.6 is 0 Å². The molecule has 4 nitrogen and oxygen atoms in total. The second-order valence-corrected chi connectivity index (χ2v) is 2.58. The summed E-state index contributed by atoms with van der Waals surface area (Å²) in [5, 5.41) is 2.23. The summed E-state index contributed by atoms with van der Waals surface area (Å²) in [7, 11) is 1.66. The van der Waals surface area contributed by atoms with Crippen molar-refractivity contribution in [3.05, 3.63) is 0 Å². The van der Waals surface area contributed by atoms with Gasteiger partial charge in [0.2, 0.25) is 5.91 Å². The van der Waals surface area contributed by atoms with E-state index in [0.29, 0.717) is 6.54 Å². The average molecular weight is 202 g/mol. The lowest BCUT2D eigenvalue weighted by Crippen LogP contribution is -2.51. The highest BCUT2D eigenvalue weighted by Gasteiger charge is 2.25. The van der Waals surface area contributed by atoms with Gasteiger partial charge < -0.3 is 4.90 Å². The maximum atomic E-state index is 10.8. The van der Waals surface area contributed by atoms with Crippen LogP contribution in [0.15, 0.2) is 0 Å². The van der Waals surface area contributed by atoms with E-state index in [1.807, 2.05) is 27.7 Å². The van der Waals surface area contributed by atoms with Crippen molar-refractivity contribution in [2.24, 2.45) is 5.92 Å². The van der Waals surface area contributed by atoms with Gasteiger partial charge in [0.1, 0.15) is 0 Å². The molecule has 3 amide bonds. The Labute approximate surface area is 86.7 Å². The Balaban J connectivity index is 0. The van der Waals surface area contributed by atoms with Crippen molar-refractivity contribution in [1.82, 2.24) is 10.2 Å². The first-order valence-electron chi connectivity index (χ1n) is 5.17. The highest BCUT2D eigenvalue weighted by molar-refractivity contribution is 5.97. The Kier molecular flexibility index (Phi) is 9.40. The Morgan fingerprint density at radius 3 is 2.00 bits per heavy atom. The number of urea groups is 1. The van der Waals surface area contributed by atoms with Crippen molar-refractivity contribution < 1.29 is 9.59 Å². The maximum Gasteiger partial charge on any atom is 0.323 e. The van der Waals surface area contributed by atoms with Crippen LogP contribution in [-0.4, -0.2) is 30.4 Å². The van der Waals surface area contributed by atoms with Crippen LogP contribution in [0.3, 0.4) is 0 Å². The summed E-state index contributed by atoms with van der Waals surface area (Å²) in [5.74, 6) is -0.259. The predicted molar refractivity (Wildman–Crippen MR) is 58.0 cm³/mol. The third-order valence-electron chi connectivity index (χ3n) is 1.57. The second kappa shape index (κ2) is 8.53. The molecule has 0 spiro atoms. The molecule has 0 bridgehead atoms. The lowest BCUT2D eigenvalue weighted by atomic mass is 10.1. The van der Waals surface area contributed by atoms with E-state index in [9.17, 15) is 9.59 Å². The summed E-state index contributed by atoms with van der Waals surface area (Å²) in [4.78, 5) is 23.0. The van der Waals surface area contributed by atoms with Crippen LogP contribution in [0.5, 0.6) is 0 Å². The first-order valence-corrected chi connectivity index (χ1v) is 5.17. The van der Waals surface area contributed by atoms with Gasteiger partial charge >= 0.3 is 6.03 Å². The largest absolute Gasteiger partial charge is 0.327 e. The molecule has 1 heterocycles. The molecule has 84 valence electrons. The van der Waals surface area contributed by atoms with E-state index in [0.717, 1.165) is 0 Å². The number of hydrogen-bond donors (Lipinski definition) is 1. The minimum Gasteiger partial charge on any atom is -0.327 e. The van der Waals surface area contributed by atoms with Crippen LogP contribution in [0.2, 0.25) is 0 Å². The summed E-state index contributed by atoms with van der Waals surface area (Å²) < 4.78 is 0. The van der Waals surface area contributed by atoms with E-state index in [-0.39, 0.29) is 17.9 Å². The third-order valence-corrected chi connectivity index (χ3v) is 1.57. The molecule has 1 rings (SSSR count). The molecular weight excluding hydrogens is 180 g/mol. The van der Waals surface area contributed by atoms with Gasteiger partial charge in [0.05, 0.1) is 5.92 Å². The smallest absolute Gasteiger partial charge is 0.323 e. The Morgan fingerprint density at radius 2 is 1.64 bits per heavy atom. The molecule has 1 aliphatic heterocycles. The summed E-state index contributed by atoms with van der Waals surface area (Å²) in [6.07, 6.45) is 0. The second-order valence-electron chi connectivity index (χ2n) is 2.58. The van der Waals surface area contributed by atoms with Gasteiger partial charge in [-0.2, -0.15) is 0 Å². The molecule has 4 heteroatoms. The van der Waals surface area contributed by atoms with Gasteiger partial charge in [-0.15, -0.1) is 0 Å². The van der Waals surface area contributed by atoms with Crippen LogP contribution in [0.4, 0.5) is 4.79 Å². The number of imide groups is 1. The molecule has 0 aromatic heterocycles. The van der Waals surface area contributed by atoms with E-state index in [4.69, 9.17) is 0 Å². The Bertz CT molecular complexity index is 163.